The third-order valence-electron chi connectivity index (χ3n) is 4.53. The molecule has 0 aliphatic heterocycles. The Morgan fingerprint density at radius 2 is 1.93 bits per heavy atom. The number of benzene rings is 1. The summed E-state index contributed by atoms with van der Waals surface area (Å²) < 4.78 is 71.7. The second-order valence-corrected chi connectivity index (χ2v) is 7.92. The van der Waals surface area contributed by atoms with E-state index in [1.165, 1.54) is 0 Å². The molecule has 1 aromatic carbocycles. The van der Waals surface area contributed by atoms with Crippen LogP contribution in [0.1, 0.15) is 41.6 Å². The first-order valence-electron chi connectivity index (χ1n) is 8.12. The van der Waals surface area contributed by atoms with Gasteiger partial charge in [-0.1, -0.05) is 12.8 Å². The topological polar surface area (TPSA) is 98.5 Å². The minimum Gasteiger partial charge on any atom is -0.465 e. The average Bonchev–Trinajstić information content (AvgIpc) is 2.60. The maximum absolute atomic E-state index is 13.2. The van der Waals surface area contributed by atoms with Crippen molar-refractivity contribution in [1.82, 2.24) is 4.72 Å². The number of halogens is 4. The second-order valence-electron chi connectivity index (χ2n) is 6.20. The van der Waals surface area contributed by atoms with E-state index in [0.29, 0.717) is 19.0 Å². The molecule has 3 N–H and O–H groups in total. The lowest BCUT2D eigenvalue weighted by molar-refractivity contribution is -0.138. The lowest BCUT2D eigenvalue weighted by atomic mass is 9.85. The summed E-state index contributed by atoms with van der Waals surface area (Å²) in [4.78, 5) is 11.0. The monoisotopic (exact) mass is 430 g/mol. The van der Waals surface area contributed by atoms with Gasteiger partial charge in [0.25, 0.3) is 0 Å². The van der Waals surface area contributed by atoms with E-state index < -0.39 is 44.2 Å². The third-order valence-corrected chi connectivity index (χ3v) is 6.02. The molecule has 1 fully saturated rings. The molecular weight excluding hydrogens is 409 g/mol. The van der Waals surface area contributed by atoms with Crippen molar-refractivity contribution in [3.63, 3.8) is 0 Å². The predicted molar refractivity (Wildman–Crippen MR) is 95.2 cm³/mol. The fourth-order valence-electron chi connectivity index (χ4n) is 3.13. The van der Waals surface area contributed by atoms with E-state index in [9.17, 15) is 26.4 Å². The van der Waals surface area contributed by atoms with Crippen molar-refractivity contribution in [3.8, 4) is 0 Å². The zero-order valence-corrected chi connectivity index (χ0v) is 16.2. The molecule has 0 saturated heterocycles. The van der Waals surface area contributed by atoms with Gasteiger partial charge in [0.15, 0.2) is 0 Å². The number of sulfonamides is 1. The van der Waals surface area contributed by atoms with Gasteiger partial charge in [-0.05, 0) is 43.5 Å². The number of nitrogens with two attached hydrogens (primary N) is 1. The number of carbonyl (C=O) groups excluding carboxylic acids is 1. The first-order chi connectivity index (χ1) is 12.1. The SMILES string of the molecule is COC(=O)c1ccc(S(=O)(=O)NC2CCCCC2CN)cc1C(F)(F)F.Cl. The summed E-state index contributed by atoms with van der Waals surface area (Å²) >= 11 is 0. The van der Waals surface area contributed by atoms with Crippen LogP contribution in [0.15, 0.2) is 23.1 Å². The predicted octanol–water partition coefficient (Wildman–Crippen LogP) is 2.71. The Kier molecular flexibility index (Phi) is 8.09. The van der Waals surface area contributed by atoms with Crippen LogP contribution in [0.5, 0.6) is 0 Å². The second kappa shape index (κ2) is 9.22. The molecule has 0 aromatic heterocycles. The van der Waals surface area contributed by atoms with Crippen LogP contribution in [0.2, 0.25) is 0 Å². The van der Waals surface area contributed by atoms with Gasteiger partial charge in [0.05, 0.1) is 23.1 Å². The Balaban J connectivity index is 0.00000364. The molecule has 6 nitrogen and oxygen atoms in total. The van der Waals surface area contributed by atoms with Crippen LogP contribution >= 0.6 is 12.4 Å². The Bertz CT molecular complexity index is 771. The molecule has 11 heteroatoms. The maximum Gasteiger partial charge on any atom is 0.417 e. The van der Waals surface area contributed by atoms with Crippen LogP contribution < -0.4 is 10.5 Å². The number of methoxy groups -OCH3 is 1. The lowest BCUT2D eigenvalue weighted by Gasteiger charge is -2.31. The number of alkyl halides is 3. The Morgan fingerprint density at radius 3 is 2.48 bits per heavy atom. The average molecular weight is 431 g/mol. The number of ether oxygens (including phenoxy) is 1. The summed E-state index contributed by atoms with van der Waals surface area (Å²) in [6.07, 6.45) is -1.81. The van der Waals surface area contributed by atoms with Crippen molar-refractivity contribution in [3.05, 3.63) is 29.3 Å². The van der Waals surface area contributed by atoms with Gasteiger partial charge >= 0.3 is 12.1 Å². The summed E-state index contributed by atoms with van der Waals surface area (Å²) in [5.74, 6) is -1.25. The first kappa shape index (κ1) is 23.7. The highest BCUT2D eigenvalue weighted by Gasteiger charge is 2.37. The third kappa shape index (κ3) is 5.56. The van der Waals surface area contributed by atoms with Gasteiger partial charge in [-0.15, -0.1) is 12.4 Å². The fourth-order valence-corrected chi connectivity index (χ4v) is 4.49. The van der Waals surface area contributed by atoms with Crippen molar-refractivity contribution in [2.75, 3.05) is 13.7 Å². The highest BCUT2D eigenvalue weighted by Crippen LogP contribution is 2.34. The van der Waals surface area contributed by atoms with E-state index in [1.807, 2.05) is 0 Å². The number of esters is 1. The zero-order chi connectivity index (χ0) is 19.5. The molecule has 0 bridgehead atoms. The minimum atomic E-state index is -4.90. The van der Waals surface area contributed by atoms with E-state index >= 15 is 0 Å². The quantitative estimate of drug-likeness (QED) is 0.700. The molecule has 0 radical (unpaired) electrons. The Labute approximate surface area is 162 Å². The van der Waals surface area contributed by atoms with Crippen LogP contribution in [-0.4, -0.2) is 34.1 Å². The normalized spacial score (nSPS) is 20.6. The Hall–Kier alpha value is -1.36. The molecule has 1 aliphatic rings. The van der Waals surface area contributed by atoms with Crippen LogP contribution in [0.3, 0.4) is 0 Å². The van der Waals surface area contributed by atoms with E-state index in [0.717, 1.165) is 38.5 Å². The molecular formula is C16H22ClF3N2O4S. The van der Waals surface area contributed by atoms with Crippen molar-refractivity contribution < 1.29 is 31.1 Å². The maximum atomic E-state index is 13.2. The minimum absolute atomic E-state index is 0. The van der Waals surface area contributed by atoms with Gasteiger partial charge < -0.3 is 10.5 Å². The number of nitrogens with one attached hydrogen (secondary N) is 1. The number of hydrogen-bond donors (Lipinski definition) is 2. The summed E-state index contributed by atoms with van der Waals surface area (Å²) in [7, 11) is -3.24. The van der Waals surface area contributed by atoms with Crippen LogP contribution in [0.4, 0.5) is 13.2 Å². The van der Waals surface area contributed by atoms with Crippen LogP contribution in [0.25, 0.3) is 0 Å². The highest BCUT2D eigenvalue weighted by atomic mass is 35.5. The standard InChI is InChI=1S/C16H21F3N2O4S.ClH/c1-25-15(22)12-7-6-11(8-13(12)16(17,18)19)26(23,24)21-14-5-3-2-4-10(14)9-20;/h6-8,10,14,21H,2-5,9,20H2,1H3;1H. The van der Waals surface area contributed by atoms with Gasteiger partial charge in [-0.2, -0.15) is 13.2 Å². The molecule has 27 heavy (non-hydrogen) atoms. The van der Waals surface area contributed by atoms with Crippen LogP contribution in [-0.2, 0) is 20.9 Å². The van der Waals surface area contributed by atoms with Crippen molar-refractivity contribution in [2.45, 2.75) is 42.8 Å². The van der Waals surface area contributed by atoms with Crippen molar-refractivity contribution >= 4 is 28.4 Å². The molecule has 1 aromatic rings. The van der Waals surface area contributed by atoms with Gasteiger partial charge in [0.1, 0.15) is 0 Å². The summed E-state index contributed by atoms with van der Waals surface area (Å²) in [5, 5.41) is 0. The van der Waals surface area contributed by atoms with Gasteiger partial charge in [0, 0.05) is 6.04 Å². The number of hydrogen-bond acceptors (Lipinski definition) is 5. The number of carbonyl (C=O) groups is 1. The fraction of sp³-hybridized carbons (Fsp3) is 0.562. The summed E-state index contributed by atoms with van der Waals surface area (Å²) in [5.41, 5.74) is 3.57. The van der Waals surface area contributed by atoms with Crippen LogP contribution in [0, 0.1) is 5.92 Å². The van der Waals surface area contributed by atoms with Gasteiger partial charge in [-0.25, -0.2) is 17.9 Å². The Morgan fingerprint density at radius 1 is 1.30 bits per heavy atom. The van der Waals surface area contributed by atoms with E-state index in [2.05, 4.69) is 9.46 Å². The number of rotatable bonds is 5. The molecule has 0 spiro atoms. The molecule has 0 heterocycles. The van der Waals surface area contributed by atoms with Crippen molar-refractivity contribution in [2.24, 2.45) is 11.7 Å². The van der Waals surface area contributed by atoms with E-state index in [4.69, 9.17) is 5.73 Å². The van der Waals surface area contributed by atoms with Gasteiger partial charge in [0.2, 0.25) is 10.0 Å². The zero-order valence-electron chi connectivity index (χ0n) is 14.6. The lowest BCUT2D eigenvalue weighted by Crippen LogP contribution is -2.44. The summed E-state index contributed by atoms with van der Waals surface area (Å²) in [6, 6.07) is 1.80. The van der Waals surface area contributed by atoms with Gasteiger partial charge in [-0.3, -0.25) is 0 Å². The van der Waals surface area contributed by atoms with E-state index in [1.54, 1.807) is 0 Å². The smallest absolute Gasteiger partial charge is 0.417 e. The molecule has 2 unspecified atom stereocenters. The largest absolute Gasteiger partial charge is 0.465 e. The van der Waals surface area contributed by atoms with Crippen molar-refractivity contribution in [1.29, 1.82) is 0 Å². The highest BCUT2D eigenvalue weighted by molar-refractivity contribution is 7.89. The molecule has 2 rings (SSSR count). The molecule has 154 valence electrons. The molecule has 1 aliphatic carbocycles. The first-order valence-corrected chi connectivity index (χ1v) is 9.60. The van der Waals surface area contributed by atoms with E-state index in [-0.39, 0.29) is 18.3 Å². The summed E-state index contributed by atoms with van der Waals surface area (Å²) in [6.45, 7) is 0.294. The molecule has 2 atom stereocenters. The molecule has 0 amide bonds. The molecule has 1 saturated carbocycles.